The Morgan fingerprint density at radius 1 is 1.33 bits per heavy atom. The summed E-state index contributed by atoms with van der Waals surface area (Å²) in [5.41, 5.74) is 7.85. The van der Waals surface area contributed by atoms with Crippen LogP contribution in [0.25, 0.3) is 5.70 Å². The molecule has 0 aliphatic carbocycles. The minimum atomic E-state index is -0.208. The molecule has 2 aliphatic heterocycles. The van der Waals surface area contributed by atoms with Crippen molar-refractivity contribution in [2.45, 2.75) is 6.42 Å². The number of nitrogens with zero attached hydrogens (tertiary/aromatic N) is 2. The lowest BCUT2D eigenvalue weighted by Crippen LogP contribution is -2.20. The van der Waals surface area contributed by atoms with Crippen molar-refractivity contribution in [3.63, 3.8) is 0 Å². The maximum atomic E-state index is 13.0. The number of fused-ring (bicyclic) bond motifs is 1. The molecular weight excluding hydrogens is 249 g/mol. The number of hydrogen-bond acceptors (Lipinski definition) is 4. The first-order valence-electron chi connectivity index (χ1n) is 5.98. The molecule has 1 aromatic carbocycles. The van der Waals surface area contributed by atoms with Crippen LogP contribution < -0.4 is 5.73 Å². The zero-order valence-electron chi connectivity index (χ0n) is 9.90. The molecule has 0 amide bonds. The zero-order valence-corrected chi connectivity index (χ0v) is 10.7. The molecule has 0 aromatic heterocycles. The van der Waals surface area contributed by atoms with E-state index in [0.29, 0.717) is 6.54 Å². The summed E-state index contributed by atoms with van der Waals surface area (Å²) in [4.78, 5) is 7.92. The standard InChI is InChI=1S/C13H14FN3S/c14-10-3-1-9(2-4-10)12-11(5-6-15)18-13-16-7-8-17(12)13/h1-4H,5-8,15H2. The molecule has 3 nitrogen and oxygen atoms in total. The molecular formula is C13H14FN3S. The molecule has 0 bridgehead atoms. The SMILES string of the molecule is NCCC1=C(c2ccc(F)cc2)N2CCN=C2S1. The molecule has 2 N–H and O–H groups in total. The van der Waals surface area contributed by atoms with Gasteiger partial charge < -0.3 is 10.6 Å². The summed E-state index contributed by atoms with van der Waals surface area (Å²) in [6.07, 6.45) is 0.840. The lowest BCUT2D eigenvalue weighted by molar-refractivity contribution is 0.625. The third kappa shape index (κ3) is 1.93. The lowest BCUT2D eigenvalue weighted by atomic mass is 10.1. The van der Waals surface area contributed by atoms with E-state index in [1.54, 1.807) is 11.8 Å². The zero-order chi connectivity index (χ0) is 12.5. The smallest absolute Gasteiger partial charge is 0.168 e. The number of hydrogen-bond donors (Lipinski definition) is 1. The predicted molar refractivity (Wildman–Crippen MR) is 73.6 cm³/mol. The molecule has 0 radical (unpaired) electrons. The Bertz CT molecular complexity index is 522. The van der Waals surface area contributed by atoms with Crippen molar-refractivity contribution in [3.05, 3.63) is 40.6 Å². The number of nitrogens with two attached hydrogens (primary N) is 1. The third-order valence-corrected chi connectivity index (χ3v) is 4.22. The van der Waals surface area contributed by atoms with Crippen LogP contribution in [0.15, 0.2) is 34.2 Å². The van der Waals surface area contributed by atoms with Gasteiger partial charge in [0.15, 0.2) is 5.17 Å². The van der Waals surface area contributed by atoms with Crippen LogP contribution in [0, 0.1) is 5.82 Å². The second-order valence-corrected chi connectivity index (χ2v) is 5.30. The highest BCUT2D eigenvalue weighted by Gasteiger charge is 2.32. The third-order valence-electron chi connectivity index (χ3n) is 3.04. The number of halogens is 1. The highest BCUT2D eigenvalue weighted by Crippen LogP contribution is 2.42. The van der Waals surface area contributed by atoms with E-state index >= 15 is 0 Å². The number of rotatable bonds is 3. The topological polar surface area (TPSA) is 41.6 Å². The minimum Gasteiger partial charge on any atom is -0.330 e. The van der Waals surface area contributed by atoms with Gasteiger partial charge in [0, 0.05) is 11.4 Å². The molecule has 2 heterocycles. The van der Waals surface area contributed by atoms with Crippen molar-refractivity contribution in [3.8, 4) is 0 Å². The first-order chi connectivity index (χ1) is 8.79. The van der Waals surface area contributed by atoms with Gasteiger partial charge in [0.2, 0.25) is 0 Å². The van der Waals surface area contributed by atoms with Crippen LogP contribution in [0.2, 0.25) is 0 Å². The van der Waals surface area contributed by atoms with E-state index in [1.807, 2.05) is 12.1 Å². The van der Waals surface area contributed by atoms with Crippen LogP contribution in [0.5, 0.6) is 0 Å². The molecule has 1 aromatic rings. The van der Waals surface area contributed by atoms with Gasteiger partial charge in [-0.2, -0.15) is 0 Å². The summed E-state index contributed by atoms with van der Waals surface area (Å²) >= 11 is 1.69. The van der Waals surface area contributed by atoms with Crippen LogP contribution >= 0.6 is 11.8 Å². The fourth-order valence-electron chi connectivity index (χ4n) is 2.26. The van der Waals surface area contributed by atoms with Crippen molar-refractivity contribution >= 4 is 22.6 Å². The average Bonchev–Trinajstić information content (AvgIpc) is 2.91. The highest BCUT2D eigenvalue weighted by molar-refractivity contribution is 8.17. The largest absolute Gasteiger partial charge is 0.330 e. The Hall–Kier alpha value is -1.33. The average molecular weight is 263 g/mol. The quantitative estimate of drug-likeness (QED) is 0.909. The van der Waals surface area contributed by atoms with Crippen LogP contribution in [0.4, 0.5) is 4.39 Å². The predicted octanol–water partition coefficient (Wildman–Crippen LogP) is 2.26. The van der Waals surface area contributed by atoms with Crippen LogP contribution in [0.3, 0.4) is 0 Å². The van der Waals surface area contributed by atoms with Gasteiger partial charge in [0.25, 0.3) is 0 Å². The van der Waals surface area contributed by atoms with Crippen molar-refractivity contribution in [1.29, 1.82) is 0 Å². The summed E-state index contributed by atoms with van der Waals surface area (Å²) in [6.45, 7) is 2.36. The Balaban J connectivity index is 2.01. The van der Waals surface area contributed by atoms with Crippen LogP contribution in [-0.4, -0.2) is 29.7 Å². The Labute approximate surface area is 110 Å². The minimum absolute atomic E-state index is 0.208. The van der Waals surface area contributed by atoms with Gasteiger partial charge >= 0.3 is 0 Å². The molecule has 0 saturated carbocycles. The van der Waals surface area contributed by atoms with Gasteiger partial charge in [-0.25, -0.2) is 4.39 Å². The van der Waals surface area contributed by atoms with E-state index in [2.05, 4.69) is 9.89 Å². The molecule has 0 unspecified atom stereocenters. The van der Waals surface area contributed by atoms with Gasteiger partial charge in [0.05, 0.1) is 12.2 Å². The Kier molecular flexibility index (Phi) is 3.09. The van der Waals surface area contributed by atoms with Crippen LogP contribution in [0.1, 0.15) is 12.0 Å². The van der Waals surface area contributed by atoms with E-state index < -0.39 is 0 Å². The van der Waals surface area contributed by atoms with Crippen molar-refractivity contribution in [2.75, 3.05) is 19.6 Å². The van der Waals surface area contributed by atoms with Gasteiger partial charge in [-0.1, -0.05) is 11.8 Å². The number of amidine groups is 1. The van der Waals surface area contributed by atoms with E-state index in [9.17, 15) is 4.39 Å². The van der Waals surface area contributed by atoms with Gasteiger partial charge in [-0.05, 0) is 42.8 Å². The molecule has 0 atom stereocenters. The van der Waals surface area contributed by atoms with Crippen molar-refractivity contribution in [1.82, 2.24) is 4.90 Å². The Morgan fingerprint density at radius 3 is 2.83 bits per heavy atom. The molecule has 5 heteroatoms. The Morgan fingerprint density at radius 2 is 2.11 bits per heavy atom. The summed E-state index contributed by atoms with van der Waals surface area (Å²) in [5, 5.41) is 1.05. The second kappa shape index (κ2) is 4.74. The molecule has 0 fully saturated rings. The number of aliphatic imine (C=N–C) groups is 1. The molecule has 0 spiro atoms. The van der Waals surface area contributed by atoms with E-state index in [-0.39, 0.29) is 5.82 Å². The fraction of sp³-hybridized carbons (Fsp3) is 0.308. The van der Waals surface area contributed by atoms with Gasteiger partial charge in [-0.3, -0.25) is 4.99 Å². The van der Waals surface area contributed by atoms with Gasteiger partial charge in [-0.15, -0.1) is 0 Å². The normalized spacial score (nSPS) is 18.3. The van der Waals surface area contributed by atoms with Gasteiger partial charge in [0.1, 0.15) is 5.82 Å². The summed E-state index contributed by atoms with van der Waals surface area (Å²) in [5.74, 6) is -0.208. The molecule has 94 valence electrons. The number of thioether (sulfide) groups is 1. The molecule has 0 saturated heterocycles. The summed E-state index contributed by atoms with van der Waals surface area (Å²) < 4.78 is 13.0. The van der Waals surface area contributed by atoms with E-state index in [4.69, 9.17) is 5.73 Å². The summed E-state index contributed by atoms with van der Waals surface area (Å²) in [6, 6.07) is 6.64. The maximum absolute atomic E-state index is 13.0. The van der Waals surface area contributed by atoms with E-state index in [0.717, 1.165) is 35.9 Å². The first kappa shape index (κ1) is 11.7. The van der Waals surface area contributed by atoms with Crippen molar-refractivity contribution in [2.24, 2.45) is 10.7 Å². The molecule has 18 heavy (non-hydrogen) atoms. The number of benzene rings is 1. The van der Waals surface area contributed by atoms with E-state index in [1.165, 1.54) is 17.0 Å². The fourth-order valence-corrected chi connectivity index (χ4v) is 3.47. The van der Waals surface area contributed by atoms with Crippen LogP contribution in [-0.2, 0) is 0 Å². The monoisotopic (exact) mass is 263 g/mol. The molecule has 3 rings (SSSR count). The first-order valence-corrected chi connectivity index (χ1v) is 6.80. The highest BCUT2D eigenvalue weighted by atomic mass is 32.2. The summed E-state index contributed by atoms with van der Waals surface area (Å²) in [7, 11) is 0. The second-order valence-electron chi connectivity index (χ2n) is 4.24. The maximum Gasteiger partial charge on any atom is 0.168 e. The molecule has 2 aliphatic rings. The lowest BCUT2D eigenvalue weighted by Gasteiger charge is -2.17. The van der Waals surface area contributed by atoms with Crippen molar-refractivity contribution < 1.29 is 4.39 Å².